The summed E-state index contributed by atoms with van der Waals surface area (Å²) >= 11 is 0. The summed E-state index contributed by atoms with van der Waals surface area (Å²) in [4.78, 5) is 0. The second kappa shape index (κ2) is 3.63. The van der Waals surface area contributed by atoms with Crippen molar-refractivity contribution in [3.8, 4) is 0 Å². The van der Waals surface area contributed by atoms with E-state index in [0.29, 0.717) is 0 Å². The first-order chi connectivity index (χ1) is 6.25. The SMILES string of the molecule is O[C@H]1[C@H](O)[C@H](O)O[C@@H](C(F)(F)F)[C@H]1O. The number of hydrogen-bond donors (Lipinski definition) is 4. The number of aliphatic hydroxyl groups excluding tert-OH is 4. The fourth-order valence-electron chi connectivity index (χ4n) is 1.13. The highest BCUT2D eigenvalue weighted by Crippen LogP contribution is 2.32. The average Bonchev–Trinajstić information content (AvgIpc) is 2.06. The van der Waals surface area contributed by atoms with Crippen LogP contribution in [0.5, 0.6) is 0 Å². The Hall–Kier alpha value is -0.410. The zero-order chi connectivity index (χ0) is 11.1. The summed E-state index contributed by atoms with van der Waals surface area (Å²) in [5, 5.41) is 35.4. The summed E-state index contributed by atoms with van der Waals surface area (Å²) in [7, 11) is 0. The van der Waals surface area contributed by atoms with Gasteiger partial charge >= 0.3 is 6.18 Å². The Labute approximate surface area is 76.3 Å². The molecule has 0 radical (unpaired) electrons. The minimum atomic E-state index is -4.92. The molecule has 1 aliphatic heterocycles. The predicted molar refractivity (Wildman–Crippen MR) is 35.0 cm³/mol. The second-order valence-electron chi connectivity index (χ2n) is 2.96. The van der Waals surface area contributed by atoms with Crippen molar-refractivity contribution in [2.45, 2.75) is 36.9 Å². The lowest BCUT2D eigenvalue weighted by Crippen LogP contribution is -2.61. The lowest BCUT2D eigenvalue weighted by Gasteiger charge is -2.38. The zero-order valence-electron chi connectivity index (χ0n) is 6.72. The Bertz CT molecular complexity index is 208. The van der Waals surface area contributed by atoms with Crippen LogP contribution in [0.25, 0.3) is 0 Å². The molecule has 0 spiro atoms. The first-order valence-electron chi connectivity index (χ1n) is 3.69. The van der Waals surface area contributed by atoms with E-state index in [1.165, 1.54) is 0 Å². The van der Waals surface area contributed by atoms with Crippen LogP contribution in [-0.2, 0) is 4.74 Å². The van der Waals surface area contributed by atoms with Gasteiger partial charge < -0.3 is 25.2 Å². The monoisotopic (exact) mass is 218 g/mol. The fraction of sp³-hybridized carbons (Fsp3) is 1.00. The van der Waals surface area contributed by atoms with Crippen molar-refractivity contribution in [2.24, 2.45) is 0 Å². The van der Waals surface area contributed by atoms with Crippen LogP contribution in [0.4, 0.5) is 13.2 Å². The molecule has 0 aromatic rings. The van der Waals surface area contributed by atoms with Gasteiger partial charge in [0.15, 0.2) is 12.4 Å². The van der Waals surface area contributed by atoms with E-state index < -0.39 is 36.9 Å². The molecule has 1 heterocycles. The number of aliphatic hydroxyl groups is 4. The van der Waals surface area contributed by atoms with E-state index in [0.717, 1.165) is 0 Å². The maximum absolute atomic E-state index is 12.1. The van der Waals surface area contributed by atoms with Crippen LogP contribution >= 0.6 is 0 Å². The van der Waals surface area contributed by atoms with Crippen molar-refractivity contribution in [3.63, 3.8) is 0 Å². The molecule has 5 nitrogen and oxygen atoms in total. The molecule has 8 heteroatoms. The number of ether oxygens (including phenoxy) is 1. The number of rotatable bonds is 0. The van der Waals surface area contributed by atoms with E-state index in [1.807, 2.05) is 0 Å². The molecular formula is C6H9F3O5. The molecule has 1 saturated heterocycles. The van der Waals surface area contributed by atoms with Crippen LogP contribution < -0.4 is 0 Å². The van der Waals surface area contributed by atoms with Crippen molar-refractivity contribution in [2.75, 3.05) is 0 Å². The highest BCUT2D eigenvalue weighted by molar-refractivity contribution is 4.91. The summed E-state index contributed by atoms with van der Waals surface area (Å²) in [6.45, 7) is 0. The molecule has 0 amide bonds. The number of alkyl halides is 3. The summed E-state index contributed by atoms with van der Waals surface area (Å²) in [5.74, 6) is 0. The molecule has 14 heavy (non-hydrogen) atoms. The Kier molecular flexibility index (Phi) is 3.02. The van der Waals surface area contributed by atoms with E-state index in [-0.39, 0.29) is 0 Å². The molecule has 0 aromatic heterocycles. The minimum Gasteiger partial charge on any atom is -0.387 e. The molecule has 0 saturated carbocycles. The van der Waals surface area contributed by atoms with Gasteiger partial charge in [0, 0.05) is 0 Å². The van der Waals surface area contributed by atoms with Crippen LogP contribution in [0, 0.1) is 0 Å². The highest BCUT2D eigenvalue weighted by atomic mass is 19.4. The van der Waals surface area contributed by atoms with Crippen molar-refractivity contribution in [1.82, 2.24) is 0 Å². The zero-order valence-corrected chi connectivity index (χ0v) is 6.72. The van der Waals surface area contributed by atoms with Gasteiger partial charge in [-0.15, -0.1) is 0 Å². The summed E-state index contributed by atoms with van der Waals surface area (Å²) in [5.41, 5.74) is 0. The van der Waals surface area contributed by atoms with E-state index in [1.54, 1.807) is 0 Å². The molecule has 0 aromatic carbocycles. The van der Waals surface area contributed by atoms with Crippen LogP contribution in [-0.4, -0.2) is 57.3 Å². The highest BCUT2D eigenvalue weighted by Gasteiger charge is 2.54. The molecule has 4 N–H and O–H groups in total. The lowest BCUT2D eigenvalue weighted by atomic mass is 9.99. The maximum Gasteiger partial charge on any atom is 0.417 e. The average molecular weight is 218 g/mol. The van der Waals surface area contributed by atoms with Gasteiger partial charge in [0.2, 0.25) is 0 Å². The first-order valence-corrected chi connectivity index (χ1v) is 3.69. The first kappa shape index (κ1) is 11.7. The Balaban J connectivity index is 2.81. The van der Waals surface area contributed by atoms with E-state index in [2.05, 4.69) is 4.74 Å². The second-order valence-corrected chi connectivity index (χ2v) is 2.96. The van der Waals surface area contributed by atoms with Gasteiger partial charge in [-0.2, -0.15) is 13.2 Å². The maximum atomic E-state index is 12.1. The van der Waals surface area contributed by atoms with E-state index in [4.69, 9.17) is 20.4 Å². The quantitative estimate of drug-likeness (QED) is 0.391. The Morgan fingerprint density at radius 2 is 1.36 bits per heavy atom. The third kappa shape index (κ3) is 1.98. The van der Waals surface area contributed by atoms with Gasteiger partial charge in [0.1, 0.15) is 18.3 Å². The largest absolute Gasteiger partial charge is 0.417 e. The summed E-state index contributed by atoms with van der Waals surface area (Å²) in [6, 6.07) is 0. The van der Waals surface area contributed by atoms with Gasteiger partial charge in [-0.3, -0.25) is 0 Å². The third-order valence-corrected chi connectivity index (χ3v) is 1.91. The van der Waals surface area contributed by atoms with Crippen LogP contribution in [0.2, 0.25) is 0 Å². The minimum absolute atomic E-state index is 1.96. The molecule has 1 rings (SSSR count). The molecule has 0 unspecified atom stereocenters. The normalized spacial score (nSPS) is 45.2. The topological polar surface area (TPSA) is 90.2 Å². The number of hydrogen-bond acceptors (Lipinski definition) is 5. The Morgan fingerprint density at radius 1 is 0.857 bits per heavy atom. The van der Waals surface area contributed by atoms with Crippen molar-refractivity contribution in [3.05, 3.63) is 0 Å². The molecule has 1 aliphatic rings. The molecule has 5 atom stereocenters. The van der Waals surface area contributed by atoms with Crippen molar-refractivity contribution >= 4 is 0 Å². The third-order valence-electron chi connectivity index (χ3n) is 1.91. The predicted octanol–water partition coefficient (Wildman–Crippen LogP) is -1.65. The smallest absolute Gasteiger partial charge is 0.387 e. The van der Waals surface area contributed by atoms with Gasteiger partial charge in [-0.05, 0) is 0 Å². The van der Waals surface area contributed by atoms with E-state index in [9.17, 15) is 13.2 Å². The number of halogens is 3. The van der Waals surface area contributed by atoms with Crippen LogP contribution in [0.15, 0.2) is 0 Å². The Morgan fingerprint density at radius 3 is 1.79 bits per heavy atom. The summed E-state index contributed by atoms with van der Waals surface area (Å²) < 4.78 is 40.1. The molecule has 1 fully saturated rings. The molecule has 84 valence electrons. The van der Waals surface area contributed by atoms with Crippen LogP contribution in [0.1, 0.15) is 0 Å². The molecular weight excluding hydrogens is 209 g/mol. The van der Waals surface area contributed by atoms with Gasteiger partial charge in [0.05, 0.1) is 0 Å². The lowest BCUT2D eigenvalue weighted by molar-refractivity contribution is -0.345. The van der Waals surface area contributed by atoms with Crippen LogP contribution in [0.3, 0.4) is 0 Å². The van der Waals surface area contributed by atoms with E-state index >= 15 is 0 Å². The standard InChI is InChI=1S/C6H9F3O5/c7-6(8,9)4-2(11)1(10)3(12)5(13)14-4/h1-5,10-13H/t1-,2+,3+,4-,5-/m1/s1. The summed E-state index contributed by atoms with van der Waals surface area (Å²) in [6.07, 6.45) is -16.1. The van der Waals surface area contributed by atoms with Gasteiger partial charge in [0.25, 0.3) is 0 Å². The van der Waals surface area contributed by atoms with Crippen molar-refractivity contribution < 1.29 is 38.3 Å². The fourth-order valence-corrected chi connectivity index (χ4v) is 1.13. The van der Waals surface area contributed by atoms with Gasteiger partial charge in [-0.25, -0.2) is 0 Å². The molecule has 0 bridgehead atoms. The van der Waals surface area contributed by atoms with Crippen molar-refractivity contribution in [1.29, 1.82) is 0 Å². The molecule has 0 aliphatic carbocycles. The van der Waals surface area contributed by atoms with Gasteiger partial charge in [-0.1, -0.05) is 0 Å².